The zero-order chi connectivity index (χ0) is 22.9. The molecular weight excluding hydrogens is 426 g/mol. The molecule has 8 heteroatoms. The minimum absolute atomic E-state index is 0.0363. The number of aryl methyl sites for hydroxylation is 2. The zero-order valence-corrected chi connectivity index (χ0v) is 18.4. The molecule has 2 aromatic heterocycles. The van der Waals surface area contributed by atoms with Crippen LogP contribution in [0.2, 0.25) is 0 Å². The predicted octanol–water partition coefficient (Wildman–Crippen LogP) is 3.71. The van der Waals surface area contributed by atoms with Crippen LogP contribution in [0.25, 0.3) is 10.9 Å². The third kappa shape index (κ3) is 4.31. The van der Waals surface area contributed by atoms with Crippen molar-refractivity contribution in [2.75, 3.05) is 5.32 Å². The molecule has 2 aromatic carbocycles. The van der Waals surface area contributed by atoms with Crippen LogP contribution in [-0.4, -0.2) is 19.3 Å². The Balaban J connectivity index is 1.70. The molecule has 7 nitrogen and oxygen atoms in total. The molecule has 0 spiro atoms. The molecule has 1 amide bonds. The standard InChI is InChI=1S/C24H21N3O4S/c1-16-12-17(2)14-19(13-16)26-23(28)21-7-5-10-25-24(21)32(30,31)15-18-9-11-27(29)22-8-4-3-6-20(18)22/h3-14H,15H2,1-2H3,(H,26,28). The second kappa shape index (κ2) is 8.39. The number of nitrogens with zero attached hydrogens (tertiary/aromatic N) is 2. The van der Waals surface area contributed by atoms with Crippen LogP contribution in [0.15, 0.2) is 78.1 Å². The van der Waals surface area contributed by atoms with Gasteiger partial charge in [-0.25, -0.2) is 13.4 Å². The van der Waals surface area contributed by atoms with Crippen molar-refractivity contribution in [3.05, 3.63) is 101 Å². The van der Waals surface area contributed by atoms with E-state index in [0.29, 0.717) is 26.9 Å². The maximum Gasteiger partial charge on any atom is 0.258 e. The molecule has 0 saturated carbocycles. The normalized spacial score (nSPS) is 11.4. The van der Waals surface area contributed by atoms with E-state index in [1.54, 1.807) is 24.3 Å². The lowest BCUT2D eigenvalue weighted by Gasteiger charge is -2.12. The number of hydrogen-bond acceptors (Lipinski definition) is 5. The summed E-state index contributed by atoms with van der Waals surface area (Å²) < 4.78 is 27.3. The van der Waals surface area contributed by atoms with Gasteiger partial charge in [-0.2, -0.15) is 4.73 Å². The van der Waals surface area contributed by atoms with Crippen molar-refractivity contribution in [3.8, 4) is 0 Å². The van der Waals surface area contributed by atoms with Gasteiger partial charge < -0.3 is 10.5 Å². The van der Waals surface area contributed by atoms with Crippen LogP contribution in [0, 0.1) is 19.1 Å². The maximum absolute atomic E-state index is 13.3. The van der Waals surface area contributed by atoms with Gasteiger partial charge in [0.15, 0.2) is 11.2 Å². The fourth-order valence-corrected chi connectivity index (χ4v) is 5.24. The van der Waals surface area contributed by atoms with E-state index in [9.17, 15) is 18.4 Å². The molecule has 32 heavy (non-hydrogen) atoms. The summed E-state index contributed by atoms with van der Waals surface area (Å²) in [6, 6.07) is 16.8. The van der Waals surface area contributed by atoms with Gasteiger partial charge in [0, 0.05) is 24.0 Å². The van der Waals surface area contributed by atoms with Crippen LogP contribution in [0.5, 0.6) is 0 Å². The molecule has 0 bridgehead atoms. The highest BCUT2D eigenvalue weighted by Gasteiger charge is 2.26. The quantitative estimate of drug-likeness (QED) is 0.371. The lowest BCUT2D eigenvalue weighted by atomic mass is 10.1. The van der Waals surface area contributed by atoms with Crippen molar-refractivity contribution in [1.29, 1.82) is 0 Å². The lowest BCUT2D eigenvalue weighted by Crippen LogP contribution is -2.26. The summed E-state index contributed by atoms with van der Waals surface area (Å²) in [6.45, 7) is 3.83. The predicted molar refractivity (Wildman–Crippen MR) is 122 cm³/mol. The first kappa shape index (κ1) is 21.5. The van der Waals surface area contributed by atoms with E-state index in [1.165, 1.54) is 30.6 Å². The Hall–Kier alpha value is -3.78. The Labute approximate surface area is 185 Å². The van der Waals surface area contributed by atoms with E-state index >= 15 is 0 Å². The number of hydrogen-bond donors (Lipinski definition) is 1. The fraction of sp³-hybridized carbons (Fsp3) is 0.125. The molecule has 0 atom stereocenters. The number of para-hydroxylation sites is 1. The SMILES string of the molecule is Cc1cc(C)cc(NC(=O)c2cccnc2S(=O)(=O)Cc2cc[n+]([O-])c3ccccc23)c1. The molecule has 0 unspecified atom stereocenters. The Bertz CT molecular complexity index is 1430. The highest BCUT2D eigenvalue weighted by Crippen LogP contribution is 2.24. The number of nitrogens with one attached hydrogen (secondary N) is 1. The lowest BCUT2D eigenvalue weighted by molar-refractivity contribution is -0.577. The van der Waals surface area contributed by atoms with Crippen LogP contribution in [0.3, 0.4) is 0 Å². The number of benzene rings is 2. The molecule has 162 valence electrons. The van der Waals surface area contributed by atoms with Crippen molar-refractivity contribution in [2.24, 2.45) is 0 Å². The average molecular weight is 448 g/mol. The van der Waals surface area contributed by atoms with Crippen molar-refractivity contribution in [3.63, 3.8) is 0 Å². The number of rotatable bonds is 5. The second-order valence-corrected chi connectivity index (χ2v) is 9.53. The Kier molecular flexibility index (Phi) is 5.63. The topological polar surface area (TPSA) is 103 Å². The summed E-state index contributed by atoms with van der Waals surface area (Å²) in [4.78, 5) is 17.0. The molecule has 1 N–H and O–H groups in total. The summed E-state index contributed by atoms with van der Waals surface area (Å²) in [7, 11) is -3.99. The molecular formula is C24H21N3O4S. The Morgan fingerprint density at radius 3 is 2.50 bits per heavy atom. The van der Waals surface area contributed by atoms with E-state index in [-0.39, 0.29) is 10.6 Å². The average Bonchev–Trinajstić information content (AvgIpc) is 2.75. The molecule has 4 rings (SSSR count). The minimum atomic E-state index is -3.99. The molecule has 0 radical (unpaired) electrons. The molecule has 0 aliphatic carbocycles. The van der Waals surface area contributed by atoms with Crippen LogP contribution < -0.4 is 10.0 Å². The van der Waals surface area contributed by atoms with Gasteiger partial charge in [-0.1, -0.05) is 18.2 Å². The van der Waals surface area contributed by atoms with Crippen LogP contribution in [-0.2, 0) is 15.6 Å². The third-order valence-corrected chi connectivity index (χ3v) is 6.64. The number of carbonyl (C=O) groups excluding carboxylic acids is 1. The van der Waals surface area contributed by atoms with Gasteiger partial charge in [-0.3, -0.25) is 4.79 Å². The number of amides is 1. The molecule has 0 saturated heterocycles. The first-order valence-corrected chi connectivity index (χ1v) is 11.6. The number of pyridine rings is 2. The second-order valence-electron chi connectivity index (χ2n) is 7.63. The minimum Gasteiger partial charge on any atom is -0.618 e. The van der Waals surface area contributed by atoms with Gasteiger partial charge in [0.1, 0.15) is 0 Å². The highest BCUT2D eigenvalue weighted by molar-refractivity contribution is 7.90. The van der Waals surface area contributed by atoms with Gasteiger partial charge in [-0.05, 0) is 60.9 Å². The summed E-state index contributed by atoms with van der Waals surface area (Å²) in [5, 5.41) is 15.0. The van der Waals surface area contributed by atoms with Gasteiger partial charge in [0.2, 0.25) is 15.4 Å². The highest BCUT2D eigenvalue weighted by atomic mass is 32.2. The number of aromatic nitrogens is 2. The van der Waals surface area contributed by atoms with Crippen LogP contribution in [0.1, 0.15) is 27.0 Å². The van der Waals surface area contributed by atoms with Crippen molar-refractivity contribution < 1.29 is 17.9 Å². The Morgan fingerprint density at radius 1 is 1.03 bits per heavy atom. The van der Waals surface area contributed by atoms with Crippen molar-refractivity contribution in [2.45, 2.75) is 24.6 Å². The molecule has 4 aromatic rings. The molecule has 0 fully saturated rings. The number of anilines is 1. The van der Waals surface area contributed by atoms with Gasteiger partial charge in [0.05, 0.1) is 16.7 Å². The zero-order valence-electron chi connectivity index (χ0n) is 17.6. The summed E-state index contributed by atoms with van der Waals surface area (Å²) >= 11 is 0. The molecule has 2 heterocycles. The summed E-state index contributed by atoms with van der Waals surface area (Å²) in [5.41, 5.74) is 3.32. The molecule has 0 aliphatic rings. The summed E-state index contributed by atoms with van der Waals surface area (Å²) in [6.07, 6.45) is 2.62. The third-order valence-electron chi connectivity index (χ3n) is 5.03. The fourth-order valence-electron chi connectivity index (χ4n) is 3.72. The van der Waals surface area contributed by atoms with E-state index in [2.05, 4.69) is 10.3 Å². The van der Waals surface area contributed by atoms with Crippen molar-refractivity contribution in [1.82, 2.24) is 4.98 Å². The van der Waals surface area contributed by atoms with E-state index in [4.69, 9.17) is 0 Å². The summed E-state index contributed by atoms with van der Waals surface area (Å²) in [5.74, 6) is -0.952. The monoisotopic (exact) mass is 447 g/mol. The van der Waals surface area contributed by atoms with Crippen LogP contribution in [0.4, 0.5) is 5.69 Å². The van der Waals surface area contributed by atoms with Gasteiger partial charge in [0.25, 0.3) is 5.91 Å². The van der Waals surface area contributed by atoms with Crippen LogP contribution >= 0.6 is 0 Å². The van der Waals surface area contributed by atoms with Crippen molar-refractivity contribution >= 4 is 32.3 Å². The number of fused-ring (bicyclic) bond motifs is 1. The maximum atomic E-state index is 13.3. The van der Waals surface area contributed by atoms with Gasteiger partial charge in [-0.15, -0.1) is 0 Å². The first-order chi connectivity index (χ1) is 15.2. The van der Waals surface area contributed by atoms with E-state index in [1.807, 2.05) is 32.0 Å². The molecule has 0 aliphatic heterocycles. The van der Waals surface area contributed by atoms with E-state index in [0.717, 1.165) is 11.1 Å². The van der Waals surface area contributed by atoms with Gasteiger partial charge >= 0.3 is 0 Å². The smallest absolute Gasteiger partial charge is 0.258 e. The van der Waals surface area contributed by atoms with E-state index < -0.39 is 21.5 Å². The number of carbonyl (C=O) groups is 1. The Morgan fingerprint density at radius 2 is 1.75 bits per heavy atom. The largest absolute Gasteiger partial charge is 0.618 e. The number of sulfone groups is 1. The first-order valence-electron chi connectivity index (χ1n) is 9.92.